The second-order valence-corrected chi connectivity index (χ2v) is 9.13. The Balaban J connectivity index is 2.15. The molecule has 102 valence electrons. The molecule has 1 saturated heterocycles. The Hall–Kier alpha value is 0.0900. The molecule has 1 unspecified atom stereocenters. The third-order valence-corrected chi connectivity index (χ3v) is 6.97. The summed E-state index contributed by atoms with van der Waals surface area (Å²) in [5.74, 6) is 0.660. The van der Waals surface area contributed by atoms with Gasteiger partial charge in [-0.3, -0.25) is 0 Å². The molecule has 0 spiro atoms. The molecule has 1 atom stereocenters. The summed E-state index contributed by atoms with van der Waals surface area (Å²) < 4.78 is 24.6. The average molecular weight is 352 g/mol. The zero-order chi connectivity index (χ0) is 13.2. The highest BCUT2D eigenvalue weighted by atomic mass is 79.9. The fraction of sp³-hybridized carbons (Fsp3) is 0.667. The number of hydrogen-bond donors (Lipinski definition) is 1. The van der Waals surface area contributed by atoms with Gasteiger partial charge in [0.15, 0.2) is 9.84 Å². The molecule has 0 saturated carbocycles. The van der Waals surface area contributed by atoms with Crippen LogP contribution in [0.25, 0.3) is 0 Å². The van der Waals surface area contributed by atoms with Gasteiger partial charge in [-0.25, -0.2) is 8.42 Å². The summed E-state index contributed by atoms with van der Waals surface area (Å²) in [4.78, 5) is 1.26. The summed E-state index contributed by atoms with van der Waals surface area (Å²) in [7, 11) is -2.84. The SMILES string of the molecule is CCNCC1(Cc2cc(Br)cs2)CCS(=O)(=O)C1. The van der Waals surface area contributed by atoms with Crippen molar-refractivity contribution in [1.82, 2.24) is 5.32 Å². The second kappa shape index (κ2) is 5.61. The van der Waals surface area contributed by atoms with Crippen LogP contribution in [0.4, 0.5) is 0 Å². The van der Waals surface area contributed by atoms with Crippen molar-refractivity contribution in [3.05, 3.63) is 20.8 Å². The summed E-state index contributed by atoms with van der Waals surface area (Å²) in [6, 6.07) is 2.10. The average Bonchev–Trinajstić information content (AvgIpc) is 2.81. The van der Waals surface area contributed by atoms with Crippen molar-refractivity contribution in [3.63, 3.8) is 0 Å². The summed E-state index contributed by atoms with van der Waals surface area (Å²) in [5, 5.41) is 5.38. The van der Waals surface area contributed by atoms with E-state index in [1.165, 1.54) is 4.88 Å². The van der Waals surface area contributed by atoms with E-state index in [0.29, 0.717) is 11.5 Å². The number of rotatable bonds is 5. The molecule has 0 amide bonds. The molecule has 2 rings (SSSR count). The summed E-state index contributed by atoms with van der Waals surface area (Å²) in [6.07, 6.45) is 1.63. The molecular weight excluding hydrogens is 334 g/mol. The minimum atomic E-state index is -2.84. The molecule has 0 aliphatic carbocycles. The minimum Gasteiger partial charge on any atom is -0.316 e. The van der Waals surface area contributed by atoms with Gasteiger partial charge in [0.05, 0.1) is 11.5 Å². The topological polar surface area (TPSA) is 46.2 Å². The van der Waals surface area contributed by atoms with Crippen LogP contribution in [0.1, 0.15) is 18.2 Å². The molecule has 1 aliphatic heterocycles. The van der Waals surface area contributed by atoms with Crippen LogP contribution >= 0.6 is 27.3 Å². The van der Waals surface area contributed by atoms with E-state index in [4.69, 9.17) is 0 Å². The maximum Gasteiger partial charge on any atom is 0.150 e. The Kier molecular flexibility index (Phi) is 4.52. The van der Waals surface area contributed by atoms with Crippen LogP contribution in [0.5, 0.6) is 0 Å². The van der Waals surface area contributed by atoms with E-state index in [0.717, 1.165) is 30.4 Å². The van der Waals surface area contributed by atoms with Crippen LogP contribution in [-0.4, -0.2) is 33.0 Å². The Morgan fingerprint density at radius 1 is 1.56 bits per heavy atom. The van der Waals surface area contributed by atoms with Crippen molar-refractivity contribution in [2.45, 2.75) is 19.8 Å². The van der Waals surface area contributed by atoms with Crippen molar-refractivity contribution in [3.8, 4) is 0 Å². The predicted molar refractivity (Wildman–Crippen MR) is 80.0 cm³/mol. The normalized spacial score (nSPS) is 26.6. The van der Waals surface area contributed by atoms with Crippen molar-refractivity contribution in [1.29, 1.82) is 0 Å². The van der Waals surface area contributed by atoms with Crippen LogP contribution in [0.2, 0.25) is 0 Å². The van der Waals surface area contributed by atoms with E-state index in [1.54, 1.807) is 11.3 Å². The van der Waals surface area contributed by atoms with Crippen LogP contribution in [0, 0.1) is 5.41 Å². The standard InChI is InChI=1S/C12H18BrNO2S2/c1-2-14-8-12(3-4-18(15,16)9-12)6-11-5-10(13)7-17-11/h5,7,14H,2-4,6,8-9H2,1H3. The fourth-order valence-corrected chi connectivity index (χ4v) is 6.33. The van der Waals surface area contributed by atoms with Crippen molar-refractivity contribution < 1.29 is 8.42 Å². The molecule has 6 heteroatoms. The molecule has 1 aliphatic rings. The Morgan fingerprint density at radius 3 is 2.83 bits per heavy atom. The lowest BCUT2D eigenvalue weighted by Crippen LogP contribution is -2.37. The molecule has 1 fully saturated rings. The lowest BCUT2D eigenvalue weighted by molar-refractivity contribution is 0.316. The molecule has 0 radical (unpaired) electrons. The first-order valence-corrected chi connectivity index (χ1v) is 9.58. The van der Waals surface area contributed by atoms with Gasteiger partial charge in [0.25, 0.3) is 0 Å². The van der Waals surface area contributed by atoms with Crippen molar-refractivity contribution >= 4 is 37.1 Å². The van der Waals surface area contributed by atoms with E-state index in [1.807, 2.05) is 0 Å². The number of hydrogen-bond acceptors (Lipinski definition) is 4. The van der Waals surface area contributed by atoms with E-state index < -0.39 is 9.84 Å². The van der Waals surface area contributed by atoms with Gasteiger partial charge in [-0.2, -0.15) is 0 Å². The van der Waals surface area contributed by atoms with Gasteiger partial charge in [0.2, 0.25) is 0 Å². The highest BCUT2D eigenvalue weighted by Crippen LogP contribution is 2.37. The molecular formula is C12H18BrNO2S2. The van der Waals surface area contributed by atoms with Gasteiger partial charge >= 0.3 is 0 Å². The first-order chi connectivity index (χ1) is 8.45. The lowest BCUT2D eigenvalue weighted by Gasteiger charge is -2.27. The van der Waals surface area contributed by atoms with Crippen LogP contribution in [0.3, 0.4) is 0 Å². The number of halogens is 1. The quantitative estimate of drug-likeness (QED) is 0.886. The van der Waals surface area contributed by atoms with Gasteiger partial charge < -0.3 is 5.32 Å². The van der Waals surface area contributed by atoms with Crippen LogP contribution < -0.4 is 5.32 Å². The lowest BCUT2D eigenvalue weighted by atomic mass is 9.83. The van der Waals surface area contributed by atoms with Gasteiger partial charge in [-0.05, 0) is 41.4 Å². The van der Waals surface area contributed by atoms with Crippen molar-refractivity contribution in [2.75, 3.05) is 24.6 Å². The van der Waals surface area contributed by atoms with Gasteiger partial charge in [0.1, 0.15) is 0 Å². The largest absolute Gasteiger partial charge is 0.316 e. The monoisotopic (exact) mass is 351 g/mol. The predicted octanol–water partition coefficient (Wildman–Crippen LogP) is 2.47. The van der Waals surface area contributed by atoms with Gasteiger partial charge in [0, 0.05) is 26.7 Å². The minimum absolute atomic E-state index is 0.112. The molecule has 1 aromatic rings. The Labute approximate surface area is 121 Å². The maximum absolute atomic E-state index is 11.8. The van der Waals surface area contributed by atoms with Crippen LogP contribution in [-0.2, 0) is 16.3 Å². The second-order valence-electron chi connectivity index (χ2n) is 5.03. The van der Waals surface area contributed by atoms with E-state index in [-0.39, 0.29) is 5.41 Å². The molecule has 0 aromatic carbocycles. The highest BCUT2D eigenvalue weighted by Gasteiger charge is 2.42. The molecule has 2 heterocycles. The zero-order valence-corrected chi connectivity index (χ0v) is 13.6. The first kappa shape index (κ1) is 14.5. The summed E-state index contributed by atoms with van der Waals surface area (Å²) in [6.45, 7) is 3.73. The van der Waals surface area contributed by atoms with Crippen molar-refractivity contribution in [2.24, 2.45) is 5.41 Å². The molecule has 1 N–H and O–H groups in total. The van der Waals surface area contributed by atoms with E-state index in [2.05, 4.69) is 39.6 Å². The third-order valence-electron chi connectivity index (χ3n) is 3.39. The zero-order valence-electron chi connectivity index (χ0n) is 10.4. The smallest absolute Gasteiger partial charge is 0.150 e. The van der Waals surface area contributed by atoms with Gasteiger partial charge in [-0.1, -0.05) is 6.92 Å². The number of sulfone groups is 1. The molecule has 1 aromatic heterocycles. The summed E-state index contributed by atoms with van der Waals surface area (Å²) >= 11 is 5.15. The fourth-order valence-electron chi connectivity index (χ4n) is 2.53. The maximum atomic E-state index is 11.8. The first-order valence-electron chi connectivity index (χ1n) is 6.09. The molecule has 0 bridgehead atoms. The Bertz CT molecular complexity index is 512. The van der Waals surface area contributed by atoms with E-state index in [9.17, 15) is 8.42 Å². The molecule has 18 heavy (non-hydrogen) atoms. The highest BCUT2D eigenvalue weighted by molar-refractivity contribution is 9.10. The van der Waals surface area contributed by atoms with Crippen LogP contribution in [0.15, 0.2) is 15.9 Å². The van der Waals surface area contributed by atoms with E-state index >= 15 is 0 Å². The third kappa shape index (κ3) is 3.56. The Morgan fingerprint density at radius 2 is 2.33 bits per heavy atom. The number of nitrogens with one attached hydrogen (secondary N) is 1. The molecule has 3 nitrogen and oxygen atoms in total. The number of thiophene rings is 1. The summed E-state index contributed by atoms with van der Waals surface area (Å²) in [5.41, 5.74) is -0.112. The van der Waals surface area contributed by atoms with Gasteiger partial charge in [-0.15, -0.1) is 11.3 Å².